The Morgan fingerprint density at radius 2 is 2.00 bits per heavy atom. The standard InChI is InChI=1S/C9H6F3N3O4S2/c1-4-3-20-8(13-4)7-14-5(16)2-6(15-7)19-21(17,18)9(10,11)12/h2-3H,1H3,(H,14,15,16). The number of hydrogen-bond acceptors (Lipinski definition) is 7. The highest BCUT2D eigenvalue weighted by Gasteiger charge is 2.49. The second kappa shape index (κ2) is 5.11. The van der Waals surface area contributed by atoms with Crippen LogP contribution in [0.3, 0.4) is 0 Å². The molecule has 0 spiro atoms. The minimum absolute atomic E-state index is 0.187. The molecule has 2 heterocycles. The molecule has 21 heavy (non-hydrogen) atoms. The first kappa shape index (κ1) is 15.4. The van der Waals surface area contributed by atoms with E-state index in [1.807, 2.05) is 0 Å². The Morgan fingerprint density at radius 3 is 2.52 bits per heavy atom. The molecule has 0 aliphatic rings. The first-order valence-corrected chi connectivity index (χ1v) is 7.42. The Labute approximate surface area is 119 Å². The molecule has 0 unspecified atom stereocenters. The lowest BCUT2D eigenvalue weighted by Crippen LogP contribution is -2.29. The van der Waals surface area contributed by atoms with Gasteiger partial charge in [0.1, 0.15) is 0 Å². The summed E-state index contributed by atoms with van der Waals surface area (Å²) in [6, 6.07) is 0.493. The maximum absolute atomic E-state index is 12.2. The van der Waals surface area contributed by atoms with Crippen LogP contribution in [0.4, 0.5) is 13.2 Å². The van der Waals surface area contributed by atoms with E-state index in [2.05, 4.69) is 19.1 Å². The number of aromatic amines is 1. The van der Waals surface area contributed by atoms with Gasteiger partial charge in [-0.15, -0.1) is 11.3 Å². The number of thiazole rings is 1. The monoisotopic (exact) mass is 341 g/mol. The van der Waals surface area contributed by atoms with Crippen molar-refractivity contribution in [3.63, 3.8) is 0 Å². The van der Waals surface area contributed by atoms with Crippen molar-refractivity contribution in [2.45, 2.75) is 12.4 Å². The lowest BCUT2D eigenvalue weighted by molar-refractivity contribution is -0.0501. The van der Waals surface area contributed by atoms with E-state index >= 15 is 0 Å². The predicted molar refractivity (Wildman–Crippen MR) is 66.3 cm³/mol. The fourth-order valence-corrected chi connectivity index (χ4v) is 2.35. The molecule has 0 radical (unpaired) electrons. The summed E-state index contributed by atoms with van der Waals surface area (Å²) in [5.74, 6) is -1.17. The Bertz CT molecular complexity index is 825. The van der Waals surface area contributed by atoms with E-state index in [9.17, 15) is 26.4 Å². The highest BCUT2D eigenvalue weighted by atomic mass is 32.2. The van der Waals surface area contributed by atoms with Crippen molar-refractivity contribution >= 4 is 21.5 Å². The summed E-state index contributed by atoms with van der Waals surface area (Å²) in [6.45, 7) is 1.66. The second-order valence-corrected chi connectivity index (χ2v) is 6.11. The normalized spacial score (nSPS) is 12.4. The minimum atomic E-state index is -5.89. The molecule has 7 nitrogen and oxygen atoms in total. The maximum atomic E-state index is 12.2. The Morgan fingerprint density at radius 1 is 1.33 bits per heavy atom. The van der Waals surface area contributed by atoms with Crippen LogP contribution in [0.2, 0.25) is 0 Å². The molecule has 1 N–H and O–H groups in total. The largest absolute Gasteiger partial charge is 0.534 e. The summed E-state index contributed by atoms with van der Waals surface area (Å²) in [5, 5.41) is 1.83. The molecule has 0 aliphatic carbocycles. The van der Waals surface area contributed by atoms with Gasteiger partial charge in [-0.2, -0.15) is 26.6 Å². The molecule has 0 aliphatic heterocycles. The highest BCUT2D eigenvalue weighted by Crippen LogP contribution is 2.26. The number of hydrogen-bond donors (Lipinski definition) is 1. The van der Waals surface area contributed by atoms with Gasteiger partial charge in [0.05, 0.1) is 6.07 Å². The van der Waals surface area contributed by atoms with Gasteiger partial charge in [0, 0.05) is 11.1 Å². The average Bonchev–Trinajstić information content (AvgIpc) is 2.73. The SMILES string of the molecule is Cc1csc(-c2nc(OS(=O)(=O)C(F)(F)F)cc(=O)[nH]2)n1. The third-order valence-electron chi connectivity index (χ3n) is 2.02. The molecule has 2 rings (SSSR count). The summed E-state index contributed by atoms with van der Waals surface area (Å²) in [6.07, 6.45) is 0. The Kier molecular flexibility index (Phi) is 3.76. The fraction of sp³-hybridized carbons (Fsp3) is 0.222. The first-order chi connectivity index (χ1) is 9.58. The van der Waals surface area contributed by atoms with E-state index in [-0.39, 0.29) is 10.8 Å². The predicted octanol–water partition coefficient (Wildman–Crippen LogP) is 1.43. The van der Waals surface area contributed by atoms with Crippen LogP contribution in [0.15, 0.2) is 16.2 Å². The fourth-order valence-electron chi connectivity index (χ4n) is 1.20. The van der Waals surface area contributed by atoms with Crippen LogP contribution in [0, 0.1) is 6.92 Å². The number of halogens is 3. The first-order valence-electron chi connectivity index (χ1n) is 5.13. The lowest BCUT2D eigenvalue weighted by Gasteiger charge is -2.08. The molecule has 0 amide bonds. The van der Waals surface area contributed by atoms with E-state index in [0.717, 1.165) is 11.3 Å². The molecule has 0 aromatic carbocycles. The van der Waals surface area contributed by atoms with Crippen molar-refractivity contribution in [1.82, 2.24) is 15.0 Å². The van der Waals surface area contributed by atoms with Gasteiger partial charge in [-0.1, -0.05) is 0 Å². The van der Waals surface area contributed by atoms with Gasteiger partial charge >= 0.3 is 15.6 Å². The number of aryl methyl sites for hydroxylation is 1. The van der Waals surface area contributed by atoms with Gasteiger partial charge in [-0.05, 0) is 6.92 Å². The van der Waals surface area contributed by atoms with Crippen LogP contribution < -0.4 is 9.74 Å². The summed E-state index contributed by atoms with van der Waals surface area (Å²) in [5.41, 5.74) is -5.89. The number of nitrogens with one attached hydrogen (secondary N) is 1. The van der Waals surface area contributed by atoms with E-state index < -0.39 is 27.1 Å². The van der Waals surface area contributed by atoms with Crippen molar-refractivity contribution in [3.05, 3.63) is 27.5 Å². The molecule has 0 atom stereocenters. The van der Waals surface area contributed by atoms with E-state index in [0.29, 0.717) is 11.8 Å². The van der Waals surface area contributed by atoms with Crippen LogP contribution in [0.5, 0.6) is 5.88 Å². The zero-order valence-corrected chi connectivity index (χ0v) is 11.8. The summed E-state index contributed by atoms with van der Waals surface area (Å²) in [7, 11) is -5.89. The molecule has 0 saturated heterocycles. The molecule has 0 bridgehead atoms. The smallest absolute Gasteiger partial charge is 0.355 e. The molecule has 12 heteroatoms. The average molecular weight is 341 g/mol. The van der Waals surface area contributed by atoms with Gasteiger partial charge in [0.15, 0.2) is 10.8 Å². The van der Waals surface area contributed by atoms with E-state index in [1.54, 1.807) is 12.3 Å². The van der Waals surface area contributed by atoms with Crippen LogP contribution >= 0.6 is 11.3 Å². The van der Waals surface area contributed by atoms with Crippen LogP contribution in [0.25, 0.3) is 10.8 Å². The van der Waals surface area contributed by atoms with Crippen LogP contribution in [0.1, 0.15) is 5.69 Å². The Hall–Kier alpha value is -1.95. The number of alkyl halides is 3. The molecule has 2 aromatic rings. The van der Waals surface area contributed by atoms with Gasteiger partial charge in [0.25, 0.3) is 5.56 Å². The number of H-pyrrole nitrogens is 1. The third-order valence-corrected chi connectivity index (χ3v) is 3.94. The topological polar surface area (TPSA) is 102 Å². The van der Waals surface area contributed by atoms with Crippen molar-refractivity contribution in [3.8, 4) is 16.7 Å². The third kappa shape index (κ3) is 3.39. The summed E-state index contributed by atoms with van der Waals surface area (Å²) in [4.78, 5) is 21.1. The number of rotatable bonds is 3. The lowest BCUT2D eigenvalue weighted by atomic mass is 10.5. The Balaban J connectivity index is 2.44. The van der Waals surface area contributed by atoms with Crippen molar-refractivity contribution in [2.24, 2.45) is 0 Å². The van der Waals surface area contributed by atoms with Crippen molar-refractivity contribution in [2.75, 3.05) is 0 Å². The molecule has 114 valence electrons. The second-order valence-electron chi connectivity index (χ2n) is 3.71. The number of nitrogens with zero attached hydrogens (tertiary/aromatic N) is 2. The molecule has 2 aromatic heterocycles. The minimum Gasteiger partial charge on any atom is -0.355 e. The van der Waals surface area contributed by atoms with Gasteiger partial charge in [-0.3, -0.25) is 4.79 Å². The van der Waals surface area contributed by atoms with Gasteiger partial charge in [-0.25, -0.2) is 4.98 Å². The maximum Gasteiger partial charge on any atom is 0.534 e. The van der Waals surface area contributed by atoms with Gasteiger partial charge < -0.3 is 9.17 Å². The zero-order chi connectivity index (χ0) is 15.8. The van der Waals surface area contributed by atoms with Crippen LogP contribution in [-0.2, 0) is 10.1 Å². The quantitative estimate of drug-likeness (QED) is 0.669. The summed E-state index contributed by atoms with van der Waals surface area (Å²) < 4.78 is 62.2. The van der Waals surface area contributed by atoms with Crippen LogP contribution in [-0.4, -0.2) is 28.9 Å². The number of aromatic nitrogens is 3. The van der Waals surface area contributed by atoms with Gasteiger partial charge in [0.2, 0.25) is 5.88 Å². The molecular weight excluding hydrogens is 335 g/mol. The molecule has 0 saturated carbocycles. The summed E-state index contributed by atoms with van der Waals surface area (Å²) >= 11 is 1.07. The van der Waals surface area contributed by atoms with Crippen molar-refractivity contribution < 1.29 is 25.8 Å². The molecule has 0 fully saturated rings. The molecular formula is C9H6F3N3O4S2. The highest BCUT2D eigenvalue weighted by molar-refractivity contribution is 7.87. The zero-order valence-electron chi connectivity index (χ0n) is 10.1. The van der Waals surface area contributed by atoms with E-state index in [4.69, 9.17) is 0 Å². The van der Waals surface area contributed by atoms with Crippen molar-refractivity contribution in [1.29, 1.82) is 0 Å². The van der Waals surface area contributed by atoms with E-state index in [1.165, 1.54) is 0 Å².